The fourth-order valence-corrected chi connectivity index (χ4v) is 2.41. The van der Waals surface area contributed by atoms with Gasteiger partial charge >= 0.3 is 0 Å². The number of carbonyl (C=O) groups is 1. The van der Waals surface area contributed by atoms with Crippen molar-refractivity contribution in [1.29, 1.82) is 0 Å². The topological polar surface area (TPSA) is 90.0 Å². The highest BCUT2D eigenvalue weighted by atomic mass is 16.4. The van der Waals surface area contributed by atoms with Gasteiger partial charge in [-0.05, 0) is 18.6 Å². The molecule has 1 amide bonds. The molecule has 0 atom stereocenters. The molecule has 2 heterocycles. The van der Waals surface area contributed by atoms with Gasteiger partial charge in [-0.1, -0.05) is 36.8 Å². The first-order valence-corrected chi connectivity index (χ1v) is 8.40. The van der Waals surface area contributed by atoms with Crippen molar-refractivity contribution < 1.29 is 9.21 Å². The van der Waals surface area contributed by atoms with Crippen LogP contribution < -0.4 is 10.9 Å². The third-order valence-electron chi connectivity index (χ3n) is 3.92. The van der Waals surface area contributed by atoms with Gasteiger partial charge in [0, 0.05) is 25.2 Å². The summed E-state index contributed by atoms with van der Waals surface area (Å²) in [5.74, 6) is 0.605. The molecule has 0 aliphatic heterocycles. The standard InChI is InChI=1S/C19H20N4O3/c1-3-17-21-22-19(26-17)15-8-9-18(25)23(11-15)12-16(24)20-10-14-6-4-13(2)5-7-14/h4-9,11H,3,10,12H2,1-2H3,(H,20,24). The average Bonchev–Trinajstić information content (AvgIpc) is 3.12. The zero-order valence-corrected chi connectivity index (χ0v) is 14.7. The SMILES string of the molecule is CCc1nnc(-c2ccc(=O)n(CC(=O)NCc3ccc(C)cc3)c2)o1. The Morgan fingerprint density at radius 3 is 2.62 bits per heavy atom. The molecule has 1 N–H and O–H groups in total. The Morgan fingerprint density at radius 2 is 1.92 bits per heavy atom. The highest BCUT2D eigenvalue weighted by molar-refractivity contribution is 5.75. The molecule has 0 radical (unpaired) electrons. The molecule has 0 aliphatic carbocycles. The van der Waals surface area contributed by atoms with Gasteiger partial charge in [-0.25, -0.2) is 0 Å². The van der Waals surface area contributed by atoms with Gasteiger partial charge in [-0.15, -0.1) is 10.2 Å². The van der Waals surface area contributed by atoms with E-state index in [1.165, 1.54) is 10.6 Å². The van der Waals surface area contributed by atoms with E-state index >= 15 is 0 Å². The molecule has 0 saturated carbocycles. The lowest BCUT2D eigenvalue weighted by Gasteiger charge is -2.08. The lowest BCUT2D eigenvalue weighted by molar-refractivity contribution is -0.121. The number of carbonyl (C=O) groups excluding carboxylic acids is 1. The second-order valence-corrected chi connectivity index (χ2v) is 6.00. The van der Waals surface area contributed by atoms with E-state index < -0.39 is 0 Å². The summed E-state index contributed by atoms with van der Waals surface area (Å²) in [4.78, 5) is 24.2. The molecule has 0 unspecified atom stereocenters. The second kappa shape index (κ2) is 7.77. The van der Waals surface area contributed by atoms with Crippen molar-refractivity contribution in [3.05, 3.63) is 70.0 Å². The van der Waals surface area contributed by atoms with Crippen LogP contribution >= 0.6 is 0 Å². The van der Waals surface area contributed by atoms with Crippen LogP contribution in [0.15, 0.2) is 51.8 Å². The van der Waals surface area contributed by atoms with Crippen molar-refractivity contribution in [3.8, 4) is 11.5 Å². The first-order valence-electron chi connectivity index (χ1n) is 8.40. The molecule has 134 valence electrons. The van der Waals surface area contributed by atoms with E-state index in [2.05, 4.69) is 15.5 Å². The predicted molar refractivity (Wildman–Crippen MR) is 96.4 cm³/mol. The van der Waals surface area contributed by atoms with Crippen LogP contribution in [-0.4, -0.2) is 20.7 Å². The summed E-state index contributed by atoms with van der Waals surface area (Å²) < 4.78 is 6.82. The van der Waals surface area contributed by atoms with Gasteiger partial charge in [-0.2, -0.15) is 0 Å². The number of benzene rings is 1. The lowest BCUT2D eigenvalue weighted by atomic mass is 10.1. The zero-order chi connectivity index (χ0) is 18.5. The normalized spacial score (nSPS) is 10.7. The van der Waals surface area contributed by atoms with E-state index in [9.17, 15) is 9.59 Å². The average molecular weight is 352 g/mol. The van der Waals surface area contributed by atoms with Crippen LogP contribution in [0.5, 0.6) is 0 Å². The zero-order valence-electron chi connectivity index (χ0n) is 14.7. The number of rotatable bonds is 6. The summed E-state index contributed by atoms with van der Waals surface area (Å²) in [6.07, 6.45) is 2.19. The Bertz CT molecular complexity index is 957. The molecule has 2 aromatic heterocycles. The van der Waals surface area contributed by atoms with E-state index in [4.69, 9.17) is 4.42 Å². The minimum atomic E-state index is -0.269. The van der Waals surface area contributed by atoms with E-state index in [0.29, 0.717) is 30.3 Å². The number of hydrogen-bond donors (Lipinski definition) is 1. The molecule has 0 saturated heterocycles. The Morgan fingerprint density at radius 1 is 1.15 bits per heavy atom. The van der Waals surface area contributed by atoms with Gasteiger partial charge < -0.3 is 14.3 Å². The van der Waals surface area contributed by atoms with E-state index in [-0.39, 0.29) is 18.0 Å². The maximum Gasteiger partial charge on any atom is 0.251 e. The molecule has 0 spiro atoms. The summed E-state index contributed by atoms with van der Waals surface area (Å²) in [7, 11) is 0. The van der Waals surface area contributed by atoms with E-state index in [1.54, 1.807) is 12.3 Å². The fourth-order valence-electron chi connectivity index (χ4n) is 2.41. The number of aromatic nitrogens is 3. The monoisotopic (exact) mass is 352 g/mol. The number of nitrogens with zero attached hydrogens (tertiary/aromatic N) is 3. The summed E-state index contributed by atoms with van der Waals surface area (Å²) >= 11 is 0. The van der Waals surface area contributed by atoms with Crippen molar-refractivity contribution >= 4 is 5.91 Å². The maximum absolute atomic E-state index is 12.2. The van der Waals surface area contributed by atoms with Crippen LogP contribution in [0, 0.1) is 6.92 Å². The molecular weight excluding hydrogens is 332 g/mol. The summed E-state index contributed by atoms with van der Waals surface area (Å²) in [5.41, 5.74) is 2.50. The summed E-state index contributed by atoms with van der Waals surface area (Å²) in [6, 6.07) is 10.9. The van der Waals surface area contributed by atoms with Crippen LogP contribution in [0.3, 0.4) is 0 Å². The number of hydrogen-bond acceptors (Lipinski definition) is 5. The molecular formula is C19H20N4O3. The highest BCUT2D eigenvalue weighted by Crippen LogP contribution is 2.16. The first-order chi connectivity index (χ1) is 12.5. The number of pyridine rings is 1. The van der Waals surface area contributed by atoms with Gasteiger partial charge in [0.2, 0.25) is 17.7 Å². The Balaban J connectivity index is 1.68. The van der Waals surface area contributed by atoms with Crippen LogP contribution in [0.2, 0.25) is 0 Å². The molecule has 0 fully saturated rings. The Kier molecular flexibility index (Phi) is 5.26. The largest absolute Gasteiger partial charge is 0.421 e. The van der Waals surface area contributed by atoms with Crippen molar-refractivity contribution in [2.75, 3.05) is 0 Å². The summed E-state index contributed by atoms with van der Waals surface area (Å²) in [5, 5.41) is 10.7. The van der Waals surface area contributed by atoms with Gasteiger partial charge in [0.1, 0.15) is 6.54 Å². The van der Waals surface area contributed by atoms with Crippen molar-refractivity contribution in [1.82, 2.24) is 20.1 Å². The lowest BCUT2D eigenvalue weighted by Crippen LogP contribution is -2.31. The fraction of sp³-hybridized carbons (Fsp3) is 0.263. The number of nitrogens with one attached hydrogen (secondary N) is 1. The Hall–Kier alpha value is -3.22. The van der Waals surface area contributed by atoms with Gasteiger partial charge in [0.05, 0.1) is 5.56 Å². The quantitative estimate of drug-likeness (QED) is 0.734. The van der Waals surface area contributed by atoms with Gasteiger partial charge in [0.25, 0.3) is 5.56 Å². The minimum Gasteiger partial charge on any atom is -0.421 e. The van der Waals surface area contributed by atoms with Crippen LogP contribution in [0.25, 0.3) is 11.5 Å². The first kappa shape index (κ1) is 17.6. The third-order valence-corrected chi connectivity index (χ3v) is 3.92. The molecule has 7 nitrogen and oxygen atoms in total. The van der Waals surface area contributed by atoms with Gasteiger partial charge in [0.15, 0.2) is 0 Å². The predicted octanol–water partition coefficient (Wildman–Crippen LogP) is 2.09. The molecule has 1 aromatic carbocycles. The Labute approximate surface area is 150 Å². The third kappa shape index (κ3) is 4.24. The molecule has 26 heavy (non-hydrogen) atoms. The smallest absolute Gasteiger partial charge is 0.251 e. The van der Waals surface area contributed by atoms with Crippen LogP contribution in [0.4, 0.5) is 0 Å². The van der Waals surface area contributed by atoms with Crippen molar-refractivity contribution in [2.45, 2.75) is 33.4 Å². The van der Waals surface area contributed by atoms with Gasteiger partial charge in [-0.3, -0.25) is 9.59 Å². The number of amides is 1. The van der Waals surface area contributed by atoms with Crippen molar-refractivity contribution in [2.24, 2.45) is 0 Å². The molecule has 3 aromatic rings. The summed E-state index contributed by atoms with van der Waals surface area (Å²) in [6.45, 7) is 4.26. The van der Waals surface area contributed by atoms with Crippen molar-refractivity contribution in [3.63, 3.8) is 0 Å². The maximum atomic E-state index is 12.2. The van der Waals surface area contributed by atoms with E-state index in [1.807, 2.05) is 38.1 Å². The molecule has 7 heteroatoms. The highest BCUT2D eigenvalue weighted by Gasteiger charge is 2.11. The molecule has 3 rings (SSSR count). The van der Waals surface area contributed by atoms with Crippen LogP contribution in [-0.2, 0) is 24.3 Å². The van der Waals surface area contributed by atoms with E-state index in [0.717, 1.165) is 11.1 Å². The molecule has 0 bridgehead atoms. The molecule has 0 aliphatic rings. The second-order valence-electron chi connectivity index (χ2n) is 6.00. The number of aryl methyl sites for hydroxylation is 2. The minimum absolute atomic E-state index is 0.0761. The van der Waals surface area contributed by atoms with Crippen LogP contribution in [0.1, 0.15) is 23.9 Å².